The maximum atomic E-state index is 11.6. The van der Waals surface area contributed by atoms with Gasteiger partial charge in [-0.2, -0.15) is 0 Å². The average molecular weight is 297 g/mol. The molecule has 0 atom stereocenters. The molecule has 0 bridgehead atoms. The van der Waals surface area contributed by atoms with Crippen molar-refractivity contribution in [1.29, 1.82) is 0 Å². The number of rotatable bonds is 3. The minimum Gasteiger partial charge on any atom is -0.478 e. The summed E-state index contributed by atoms with van der Waals surface area (Å²) < 4.78 is 5.38. The lowest BCUT2D eigenvalue weighted by molar-refractivity contribution is 0.0697. The smallest absolute Gasteiger partial charge is 0.336 e. The van der Waals surface area contributed by atoms with Gasteiger partial charge in [0.15, 0.2) is 0 Å². The van der Waals surface area contributed by atoms with Crippen molar-refractivity contribution in [1.82, 2.24) is 0 Å². The zero-order chi connectivity index (χ0) is 15.5. The first-order valence-electron chi connectivity index (χ1n) is 7.43. The van der Waals surface area contributed by atoms with Gasteiger partial charge in [-0.05, 0) is 41.8 Å². The Balaban J connectivity index is 2.09. The molecule has 114 valence electrons. The zero-order valence-electron chi connectivity index (χ0n) is 12.6. The van der Waals surface area contributed by atoms with Crippen LogP contribution in [0.5, 0.6) is 0 Å². The molecule has 2 aromatic rings. The first-order chi connectivity index (χ1) is 10.7. The lowest BCUT2D eigenvalue weighted by Gasteiger charge is -2.29. The molecule has 1 heterocycles. The van der Waals surface area contributed by atoms with Crippen molar-refractivity contribution < 1.29 is 14.6 Å². The molecular formula is C18H19NO3. The van der Waals surface area contributed by atoms with Crippen molar-refractivity contribution in [3.8, 4) is 11.1 Å². The van der Waals surface area contributed by atoms with E-state index in [1.54, 1.807) is 6.07 Å². The second-order valence-electron chi connectivity index (χ2n) is 5.45. The second-order valence-corrected chi connectivity index (χ2v) is 5.45. The lowest BCUT2D eigenvalue weighted by Crippen LogP contribution is -2.36. The van der Waals surface area contributed by atoms with Crippen molar-refractivity contribution in [3.63, 3.8) is 0 Å². The molecule has 0 unspecified atom stereocenters. The van der Waals surface area contributed by atoms with Gasteiger partial charge >= 0.3 is 5.97 Å². The minimum absolute atomic E-state index is 0.339. The van der Waals surface area contributed by atoms with Crippen LogP contribution in [0.2, 0.25) is 0 Å². The van der Waals surface area contributed by atoms with E-state index in [1.807, 2.05) is 43.3 Å². The third kappa shape index (κ3) is 2.83. The summed E-state index contributed by atoms with van der Waals surface area (Å²) in [6.07, 6.45) is 0. The highest BCUT2D eigenvalue weighted by Gasteiger charge is 2.17. The fourth-order valence-corrected chi connectivity index (χ4v) is 2.83. The largest absolute Gasteiger partial charge is 0.478 e. The maximum absolute atomic E-state index is 11.6. The van der Waals surface area contributed by atoms with E-state index in [1.165, 1.54) is 0 Å². The van der Waals surface area contributed by atoms with Crippen LogP contribution in [0, 0.1) is 6.92 Å². The molecule has 0 radical (unpaired) electrons. The molecule has 1 N–H and O–H groups in total. The average Bonchev–Trinajstić information content (AvgIpc) is 2.55. The van der Waals surface area contributed by atoms with Crippen LogP contribution in [-0.4, -0.2) is 37.4 Å². The Hall–Kier alpha value is -2.33. The van der Waals surface area contributed by atoms with Crippen LogP contribution in [0.4, 0.5) is 5.69 Å². The number of carboxylic acid groups (broad SMARTS) is 1. The number of hydrogen-bond acceptors (Lipinski definition) is 3. The molecule has 1 aliphatic heterocycles. The molecule has 22 heavy (non-hydrogen) atoms. The SMILES string of the molecule is Cc1ccccc1-c1cc(N2CCOCC2)ccc1C(=O)O. The van der Waals surface area contributed by atoms with E-state index in [0.29, 0.717) is 18.8 Å². The van der Waals surface area contributed by atoms with Crippen molar-refractivity contribution in [2.75, 3.05) is 31.2 Å². The number of benzene rings is 2. The van der Waals surface area contributed by atoms with Gasteiger partial charge in [-0.1, -0.05) is 24.3 Å². The van der Waals surface area contributed by atoms with Crippen molar-refractivity contribution in [2.24, 2.45) is 0 Å². The number of aryl methyl sites for hydroxylation is 1. The van der Waals surface area contributed by atoms with E-state index >= 15 is 0 Å². The number of morpholine rings is 1. The van der Waals surface area contributed by atoms with Crippen LogP contribution >= 0.6 is 0 Å². The molecule has 1 aliphatic rings. The zero-order valence-corrected chi connectivity index (χ0v) is 12.6. The number of anilines is 1. The third-order valence-electron chi connectivity index (χ3n) is 4.05. The van der Waals surface area contributed by atoms with Crippen molar-refractivity contribution >= 4 is 11.7 Å². The van der Waals surface area contributed by atoms with Crippen LogP contribution in [0.25, 0.3) is 11.1 Å². The van der Waals surface area contributed by atoms with Gasteiger partial charge in [0.25, 0.3) is 0 Å². The predicted octanol–water partition coefficient (Wildman–Crippen LogP) is 3.20. The molecular weight excluding hydrogens is 278 g/mol. The summed E-state index contributed by atoms with van der Waals surface area (Å²) in [7, 11) is 0. The molecule has 4 heteroatoms. The lowest BCUT2D eigenvalue weighted by atomic mass is 9.95. The molecule has 4 nitrogen and oxygen atoms in total. The van der Waals surface area contributed by atoms with Crippen LogP contribution in [0.3, 0.4) is 0 Å². The summed E-state index contributed by atoms with van der Waals surface area (Å²) in [4.78, 5) is 13.8. The summed E-state index contributed by atoms with van der Waals surface area (Å²) in [5, 5.41) is 9.49. The van der Waals surface area contributed by atoms with Gasteiger partial charge in [0, 0.05) is 18.8 Å². The van der Waals surface area contributed by atoms with Crippen LogP contribution in [0.1, 0.15) is 15.9 Å². The summed E-state index contributed by atoms with van der Waals surface area (Å²) in [5.41, 5.74) is 4.20. The number of ether oxygens (including phenoxy) is 1. The number of hydrogen-bond donors (Lipinski definition) is 1. The normalized spacial score (nSPS) is 14.9. The van der Waals surface area contributed by atoms with Crippen molar-refractivity contribution in [2.45, 2.75) is 6.92 Å². The van der Waals surface area contributed by atoms with Gasteiger partial charge in [0.05, 0.1) is 18.8 Å². The highest BCUT2D eigenvalue weighted by molar-refractivity contribution is 5.97. The Labute approximate surface area is 130 Å². The van der Waals surface area contributed by atoms with E-state index in [0.717, 1.165) is 35.5 Å². The Morgan fingerprint density at radius 1 is 1.09 bits per heavy atom. The molecule has 0 amide bonds. The summed E-state index contributed by atoms with van der Waals surface area (Å²) in [5.74, 6) is -0.896. The molecule has 0 aromatic heterocycles. The van der Waals surface area contributed by atoms with Crippen LogP contribution in [0.15, 0.2) is 42.5 Å². The molecule has 1 saturated heterocycles. The van der Waals surface area contributed by atoms with E-state index in [-0.39, 0.29) is 0 Å². The van der Waals surface area contributed by atoms with E-state index in [9.17, 15) is 9.90 Å². The van der Waals surface area contributed by atoms with Gasteiger partial charge in [-0.15, -0.1) is 0 Å². The predicted molar refractivity (Wildman–Crippen MR) is 86.6 cm³/mol. The Bertz CT molecular complexity index is 690. The van der Waals surface area contributed by atoms with Crippen LogP contribution in [-0.2, 0) is 4.74 Å². The van der Waals surface area contributed by atoms with Crippen molar-refractivity contribution in [3.05, 3.63) is 53.6 Å². The minimum atomic E-state index is -0.896. The fourth-order valence-electron chi connectivity index (χ4n) is 2.83. The van der Waals surface area contributed by atoms with Gasteiger partial charge < -0.3 is 14.7 Å². The van der Waals surface area contributed by atoms with Gasteiger partial charge in [-0.3, -0.25) is 0 Å². The highest BCUT2D eigenvalue weighted by atomic mass is 16.5. The van der Waals surface area contributed by atoms with E-state index < -0.39 is 5.97 Å². The topological polar surface area (TPSA) is 49.8 Å². The summed E-state index contributed by atoms with van der Waals surface area (Å²) >= 11 is 0. The third-order valence-corrected chi connectivity index (χ3v) is 4.05. The van der Waals surface area contributed by atoms with E-state index in [4.69, 9.17) is 4.74 Å². The first kappa shape index (κ1) is 14.6. The Kier molecular flexibility index (Phi) is 4.11. The molecule has 0 saturated carbocycles. The second kappa shape index (κ2) is 6.20. The Morgan fingerprint density at radius 3 is 2.50 bits per heavy atom. The molecule has 1 fully saturated rings. The number of carbonyl (C=O) groups is 1. The fraction of sp³-hybridized carbons (Fsp3) is 0.278. The Morgan fingerprint density at radius 2 is 1.82 bits per heavy atom. The molecule has 3 rings (SSSR count). The summed E-state index contributed by atoms with van der Waals surface area (Å²) in [6, 6.07) is 13.5. The molecule has 0 aliphatic carbocycles. The monoisotopic (exact) mass is 297 g/mol. The molecule has 0 spiro atoms. The van der Waals surface area contributed by atoms with Gasteiger partial charge in [0.1, 0.15) is 0 Å². The molecule has 2 aromatic carbocycles. The number of aromatic carboxylic acids is 1. The quantitative estimate of drug-likeness (QED) is 0.945. The number of carboxylic acids is 1. The highest BCUT2D eigenvalue weighted by Crippen LogP contribution is 2.31. The van der Waals surface area contributed by atoms with Gasteiger partial charge in [-0.25, -0.2) is 4.79 Å². The van der Waals surface area contributed by atoms with E-state index in [2.05, 4.69) is 4.90 Å². The number of nitrogens with zero attached hydrogens (tertiary/aromatic N) is 1. The van der Waals surface area contributed by atoms with Gasteiger partial charge in [0.2, 0.25) is 0 Å². The first-order valence-corrected chi connectivity index (χ1v) is 7.43. The maximum Gasteiger partial charge on any atom is 0.336 e. The van der Waals surface area contributed by atoms with Crippen LogP contribution < -0.4 is 4.90 Å². The summed E-state index contributed by atoms with van der Waals surface area (Å²) in [6.45, 7) is 5.09. The standard InChI is InChI=1S/C18H19NO3/c1-13-4-2-3-5-15(13)17-12-14(6-7-16(17)18(20)21)19-8-10-22-11-9-19/h2-7,12H,8-11H2,1H3,(H,20,21).